The van der Waals surface area contributed by atoms with Crippen LogP contribution in [0.15, 0.2) is 59.5 Å². The zero-order valence-corrected chi connectivity index (χ0v) is 14.4. The van der Waals surface area contributed by atoms with E-state index in [1.54, 1.807) is 24.4 Å². The van der Waals surface area contributed by atoms with Crippen molar-refractivity contribution in [1.29, 1.82) is 0 Å². The van der Waals surface area contributed by atoms with Crippen molar-refractivity contribution in [3.8, 4) is 0 Å². The molecule has 0 unspecified atom stereocenters. The molecule has 8 nitrogen and oxygen atoms in total. The van der Waals surface area contributed by atoms with Gasteiger partial charge >= 0.3 is 5.97 Å². The van der Waals surface area contributed by atoms with Gasteiger partial charge in [-0.05, 0) is 30.7 Å². The summed E-state index contributed by atoms with van der Waals surface area (Å²) in [5.74, 6) is -0.695. The second-order valence-corrected chi connectivity index (χ2v) is 5.78. The molecule has 0 aliphatic carbocycles. The molecular formula is C19H15N3O5. The lowest BCUT2D eigenvalue weighted by Gasteiger charge is -2.05. The number of pyridine rings is 1. The van der Waals surface area contributed by atoms with Crippen molar-refractivity contribution in [1.82, 2.24) is 9.38 Å². The average molecular weight is 365 g/mol. The van der Waals surface area contributed by atoms with Crippen molar-refractivity contribution < 1.29 is 14.5 Å². The number of nitro groups is 1. The Morgan fingerprint density at radius 3 is 2.85 bits per heavy atom. The number of carbonyl (C=O) groups excluding carboxylic acids is 1. The first-order chi connectivity index (χ1) is 12.9. The molecule has 0 spiro atoms. The summed E-state index contributed by atoms with van der Waals surface area (Å²) in [4.78, 5) is 38.7. The Labute approximate surface area is 153 Å². The molecule has 0 aliphatic rings. The molecule has 0 bridgehead atoms. The van der Waals surface area contributed by atoms with E-state index >= 15 is 0 Å². The number of fused-ring (bicyclic) bond motifs is 1. The fourth-order valence-electron chi connectivity index (χ4n) is 2.48. The lowest BCUT2D eigenvalue weighted by atomic mass is 10.1. The van der Waals surface area contributed by atoms with Gasteiger partial charge in [0.05, 0.1) is 16.2 Å². The van der Waals surface area contributed by atoms with E-state index in [1.807, 2.05) is 13.0 Å². The number of esters is 1. The summed E-state index contributed by atoms with van der Waals surface area (Å²) in [5.41, 5.74) is 1.60. The molecule has 0 saturated carbocycles. The van der Waals surface area contributed by atoms with Crippen LogP contribution in [0.4, 0.5) is 5.69 Å². The van der Waals surface area contributed by atoms with Gasteiger partial charge in [-0.25, -0.2) is 9.78 Å². The number of rotatable bonds is 5. The molecule has 3 rings (SSSR count). The van der Waals surface area contributed by atoms with Crippen molar-refractivity contribution in [2.24, 2.45) is 0 Å². The smallest absolute Gasteiger partial charge is 0.331 e. The zero-order chi connectivity index (χ0) is 19.4. The summed E-state index contributed by atoms with van der Waals surface area (Å²) in [6.45, 7) is 1.69. The lowest BCUT2D eigenvalue weighted by molar-refractivity contribution is -0.385. The van der Waals surface area contributed by atoms with Crippen molar-refractivity contribution >= 4 is 23.4 Å². The van der Waals surface area contributed by atoms with Crippen molar-refractivity contribution in [2.45, 2.75) is 13.5 Å². The molecule has 2 heterocycles. The first-order valence-corrected chi connectivity index (χ1v) is 8.01. The molecule has 27 heavy (non-hydrogen) atoms. The van der Waals surface area contributed by atoms with E-state index in [4.69, 9.17) is 4.74 Å². The summed E-state index contributed by atoms with van der Waals surface area (Å²) in [5, 5.41) is 11.0. The van der Waals surface area contributed by atoms with Gasteiger partial charge in [0.15, 0.2) is 0 Å². The van der Waals surface area contributed by atoms with Crippen molar-refractivity contribution in [3.05, 3.63) is 92.0 Å². The summed E-state index contributed by atoms with van der Waals surface area (Å²) >= 11 is 0. The lowest BCUT2D eigenvalue weighted by Crippen LogP contribution is -2.16. The fourth-order valence-corrected chi connectivity index (χ4v) is 2.48. The minimum Gasteiger partial charge on any atom is -0.456 e. The molecule has 3 aromatic rings. The number of hydrogen-bond donors (Lipinski definition) is 0. The molecular weight excluding hydrogens is 350 g/mol. The summed E-state index contributed by atoms with van der Waals surface area (Å²) < 4.78 is 6.48. The van der Waals surface area contributed by atoms with E-state index in [9.17, 15) is 19.7 Å². The van der Waals surface area contributed by atoms with Gasteiger partial charge in [0.25, 0.3) is 11.2 Å². The first kappa shape index (κ1) is 18.0. The predicted molar refractivity (Wildman–Crippen MR) is 98.1 cm³/mol. The minimum absolute atomic E-state index is 0.110. The monoisotopic (exact) mass is 365 g/mol. The van der Waals surface area contributed by atoms with Gasteiger partial charge in [0.1, 0.15) is 12.3 Å². The third-order valence-corrected chi connectivity index (χ3v) is 3.76. The molecule has 0 N–H and O–H groups in total. The maximum absolute atomic E-state index is 12.1. The van der Waals surface area contributed by atoms with Crippen LogP contribution in [0.5, 0.6) is 0 Å². The van der Waals surface area contributed by atoms with Crippen LogP contribution < -0.4 is 5.56 Å². The van der Waals surface area contributed by atoms with Crippen LogP contribution in [0.1, 0.15) is 16.8 Å². The summed E-state index contributed by atoms with van der Waals surface area (Å²) in [6.07, 6.45) is 4.08. The molecule has 136 valence electrons. The number of nitrogens with zero attached hydrogens (tertiary/aromatic N) is 3. The molecule has 2 aromatic heterocycles. The third kappa shape index (κ3) is 4.24. The number of benzene rings is 1. The van der Waals surface area contributed by atoms with Gasteiger partial charge in [0, 0.05) is 24.4 Å². The summed E-state index contributed by atoms with van der Waals surface area (Å²) in [7, 11) is 0. The Morgan fingerprint density at radius 1 is 1.30 bits per heavy atom. The van der Waals surface area contributed by atoms with Crippen molar-refractivity contribution in [2.75, 3.05) is 0 Å². The Kier molecular flexibility index (Phi) is 5.07. The second-order valence-electron chi connectivity index (χ2n) is 5.78. The standard InChI is InChI=1S/C19H15N3O5/c1-13-6-8-17-20-15(10-18(23)21(17)11-13)12-27-19(24)9-7-14-4-2-3-5-16(14)22(25)26/h2-11H,12H2,1H3. The minimum atomic E-state index is -0.695. The number of nitro benzene ring substituents is 1. The maximum Gasteiger partial charge on any atom is 0.331 e. The largest absolute Gasteiger partial charge is 0.456 e. The normalized spacial score (nSPS) is 11.0. The van der Waals surface area contributed by atoms with E-state index in [-0.39, 0.29) is 23.4 Å². The van der Waals surface area contributed by atoms with Gasteiger partial charge < -0.3 is 4.74 Å². The summed E-state index contributed by atoms with van der Waals surface area (Å²) in [6, 6.07) is 10.9. The van der Waals surface area contributed by atoms with E-state index in [0.29, 0.717) is 11.3 Å². The fraction of sp³-hybridized carbons (Fsp3) is 0.105. The third-order valence-electron chi connectivity index (χ3n) is 3.76. The Hall–Kier alpha value is -3.81. The van der Waals surface area contributed by atoms with Gasteiger partial charge in [-0.3, -0.25) is 19.3 Å². The number of aromatic nitrogens is 2. The van der Waals surface area contributed by atoms with Crippen LogP contribution in [0.3, 0.4) is 0 Å². The Balaban J connectivity index is 1.71. The number of ether oxygens (including phenoxy) is 1. The highest BCUT2D eigenvalue weighted by atomic mass is 16.6. The molecule has 0 fully saturated rings. The highest BCUT2D eigenvalue weighted by Crippen LogP contribution is 2.18. The average Bonchev–Trinajstić information content (AvgIpc) is 2.65. The molecule has 8 heteroatoms. The van der Waals surface area contributed by atoms with Gasteiger partial charge in [-0.1, -0.05) is 18.2 Å². The van der Waals surface area contributed by atoms with Crippen LogP contribution in [0.25, 0.3) is 11.7 Å². The Bertz CT molecular complexity index is 1120. The maximum atomic E-state index is 12.1. The van der Waals surface area contributed by atoms with Crippen LogP contribution in [0.2, 0.25) is 0 Å². The molecule has 0 saturated heterocycles. The van der Waals surface area contributed by atoms with Crippen LogP contribution in [0, 0.1) is 17.0 Å². The van der Waals surface area contributed by atoms with E-state index in [2.05, 4.69) is 4.98 Å². The van der Waals surface area contributed by atoms with Crippen LogP contribution in [-0.4, -0.2) is 20.3 Å². The quantitative estimate of drug-likeness (QED) is 0.298. The number of para-hydroxylation sites is 1. The molecule has 0 amide bonds. The van der Waals surface area contributed by atoms with Crippen molar-refractivity contribution in [3.63, 3.8) is 0 Å². The number of aryl methyl sites for hydroxylation is 1. The van der Waals surface area contributed by atoms with Gasteiger partial charge in [-0.2, -0.15) is 0 Å². The van der Waals surface area contributed by atoms with E-state index in [0.717, 1.165) is 11.6 Å². The van der Waals surface area contributed by atoms with Crippen LogP contribution in [-0.2, 0) is 16.1 Å². The van der Waals surface area contributed by atoms with Gasteiger partial charge in [-0.15, -0.1) is 0 Å². The Morgan fingerprint density at radius 2 is 2.07 bits per heavy atom. The molecule has 0 aliphatic heterocycles. The predicted octanol–water partition coefficient (Wildman–Crippen LogP) is 2.67. The number of carbonyl (C=O) groups is 1. The highest BCUT2D eigenvalue weighted by Gasteiger charge is 2.10. The molecule has 0 radical (unpaired) electrons. The zero-order valence-electron chi connectivity index (χ0n) is 14.4. The highest BCUT2D eigenvalue weighted by molar-refractivity contribution is 5.87. The number of hydrogen-bond acceptors (Lipinski definition) is 6. The first-order valence-electron chi connectivity index (χ1n) is 8.01. The molecule has 1 aromatic carbocycles. The topological polar surface area (TPSA) is 104 Å². The second kappa shape index (κ2) is 7.61. The van der Waals surface area contributed by atoms with E-state index in [1.165, 1.54) is 28.7 Å². The van der Waals surface area contributed by atoms with Gasteiger partial charge in [0.2, 0.25) is 0 Å². The SMILES string of the molecule is Cc1ccc2nc(COC(=O)C=Cc3ccccc3[N+](=O)[O-])cc(=O)n2c1. The van der Waals surface area contributed by atoms with Crippen LogP contribution >= 0.6 is 0 Å². The molecule has 0 atom stereocenters. The van der Waals surface area contributed by atoms with E-state index < -0.39 is 10.9 Å².